The van der Waals surface area contributed by atoms with Gasteiger partial charge in [0.05, 0.1) is 0 Å². The molecular formula is C26H26F7NO3. The topological polar surface area (TPSA) is 30.9 Å². The van der Waals surface area contributed by atoms with E-state index < -0.39 is 36.8 Å². The SMILES string of the molecule is C.CC(O[C@H](c1cccc(OC(F)(F)C(F)F)c1)N(C)c1cccc(Oc2ccccc2)c1)C(F)(F)F. The standard InChI is InChI=1S/C25H22F7NO3.CH4/c1-16(24(28,29)30)34-22(17-8-6-13-21(14-17)36-25(31,32)23(26)27)33(2)18-9-7-12-20(15-18)35-19-10-4-3-5-11-19;/h3-16,22-23H,1-2H3;1H4/t16?,22-;/m1./s1. The third-order valence-corrected chi connectivity index (χ3v) is 5.00. The molecule has 0 N–H and O–H groups in total. The van der Waals surface area contributed by atoms with Crippen LogP contribution in [0.25, 0.3) is 0 Å². The zero-order chi connectivity index (χ0) is 26.5. The molecule has 0 aromatic heterocycles. The predicted octanol–water partition coefficient (Wildman–Crippen LogP) is 8.45. The zero-order valence-corrected chi connectivity index (χ0v) is 19.1. The van der Waals surface area contributed by atoms with Crippen molar-refractivity contribution in [3.8, 4) is 17.2 Å². The van der Waals surface area contributed by atoms with Gasteiger partial charge in [0.15, 0.2) is 12.3 Å². The van der Waals surface area contributed by atoms with Gasteiger partial charge in [-0.25, -0.2) is 0 Å². The zero-order valence-electron chi connectivity index (χ0n) is 19.1. The van der Waals surface area contributed by atoms with Crippen LogP contribution in [-0.2, 0) is 4.74 Å². The largest absolute Gasteiger partial charge is 0.461 e. The van der Waals surface area contributed by atoms with Crippen LogP contribution >= 0.6 is 0 Å². The maximum absolute atomic E-state index is 13.4. The van der Waals surface area contributed by atoms with Crippen LogP contribution in [0.3, 0.4) is 0 Å². The van der Waals surface area contributed by atoms with Crippen molar-refractivity contribution in [1.82, 2.24) is 0 Å². The van der Waals surface area contributed by atoms with Crippen LogP contribution in [0, 0.1) is 0 Å². The van der Waals surface area contributed by atoms with Gasteiger partial charge < -0.3 is 19.1 Å². The first kappa shape index (κ1) is 29.8. The van der Waals surface area contributed by atoms with E-state index in [1.165, 1.54) is 24.1 Å². The van der Waals surface area contributed by atoms with Crippen molar-refractivity contribution in [3.05, 3.63) is 84.4 Å². The normalized spacial score (nSPS) is 13.5. The Bertz CT molecular complexity index is 1130. The minimum atomic E-state index is -4.79. The van der Waals surface area contributed by atoms with Crippen molar-refractivity contribution in [2.45, 2.75) is 45.4 Å². The van der Waals surface area contributed by atoms with E-state index in [1.54, 1.807) is 54.6 Å². The first-order chi connectivity index (χ1) is 16.9. The number of nitrogens with zero attached hydrogens (tertiary/aromatic N) is 1. The first-order valence-electron chi connectivity index (χ1n) is 10.6. The Morgan fingerprint density at radius 1 is 0.757 bits per heavy atom. The molecule has 0 saturated heterocycles. The van der Waals surface area contributed by atoms with Gasteiger partial charge in [0.1, 0.15) is 17.2 Å². The smallest absolute Gasteiger partial charge is 0.457 e. The van der Waals surface area contributed by atoms with E-state index in [0.717, 1.165) is 19.1 Å². The highest BCUT2D eigenvalue weighted by atomic mass is 19.4. The van der Waals surface area contributed by atoms with E-state index in [1.807, 2.05) is 0 Å². The van der Waals surface area contributed by atoms with Crippen LogP contribution < -0.4 is 14.4 Å². The molecule has 1 unspecified atom stereocenters. The summed E-state index contributed by atoms with van der Waals surface area (Å²) in [6, 6.07) is 19.5. The highest BCUT2D eigenvalue weighted by Crippen LogP contribution is 2.36. The Kier molecular flexibility index (Phi) is 9.80. The summed E-state index contributed by atoms with van der Waals surface area (Å²) < 4.78 is 107. The molecule has 4 nitrogen and oxygen atoms in total. The highest BCUT2D eigenvalue weighted by Gasteiger charge is 2.44. The fourth-order valence-electron chi connectivity index (χ4n) is 3.12. The molecule has 11 heteroatoms. The van der Waals surface area contributed by atoms with E-state index in [0.29, 0.717) is 17.2 Å². The molecule has 0 aliphatic rings. The summed E-state index contributed by atoms with van der Waals surface area (Å²) in [7, 11) is 1.43. The first-order valence-corrected chi connectivity index (χ1v) is 10.6. The Morgan fingerprint density at radius 3 is 1.97 bits per heavy atom. The second-order valence-corrected chi connectivity index (χ2v) is 7.73. The lowest BCUT2D eigenvalue weighted by Gasteiger charge is -2.33. The maximum Gasteiger partial charge on any atom is 0.461 e. The van der Waals surface area contributed by atoms with Gasteiger partial charge in [0, 0.05) is 24.4 Å². The molecule has 3 aromatic rings. The molecule has 3 aromatic carbocycles. The number of para-hydroxylation sites is 1. The van der Waals surface area contributed by atoms with E-state index in [-0.39, 0.29) is 13.0 Å². The van der Waals surface area contributed by atoms with Gasteiger partial charge in [0.25, 0.3) is 0 Å². The number of anilines is 1. The van der Waals surface area contributed by atoms with Gasteiger partial charge in [-0.15, -0.1) is 0 Å². The summed E-state index contributed by atoms with van der Waals surface area (Å²) in [6.45, 7) is 0.793. The van der Waals surface area contributed by atoms with E-state index in [2.05, 4.69) is 4.74 Å². The van der Waals surface area contributed by atoms with E-state index in [4.69, 9.17) is 9.47 Å². The lowest BCUT2D eigenvalue weighted by Crippen LogP contribution is -2.36. The van der Waals surface area contributed by atoms with Crippen LogP contribution in [0.2, 0.25) is 0 Å². The lowest BCUT2D eigenvalue weighted by atomic mass is 10.1. The van der Waals surface area contributed by atoms with Crippen LogP contribution in [0.5, 0.6) is 17.2 Å². The Morgan fingerprint density at radius 2 is 1.35 bits per heavy atom. The molecule has 2 atom stereocenters. The minimum absolute atomic E-state index is 0. The maximum atomic E-state index is 13.4. The summed E-state index contributed by atoms with van der Waals surface area (Å²) in [6.07, 6.45) is -17.3. The Hall–Kier alpha value is -3.47. The van der Waals surface area contributed by atoms with Crippen molar-refractivity contribution in [2.75, 3.05) is 11.9 Å². The van der Waals surface area contributed by atoms with Crippen molar-refractivity contribution in [1.29, 1.82) is 0 Å². The minimum Gasteiger partial charge on any atom is -0.457 e. The molecule has 37 heavy (non-hydrogen) atoms. The number of benzene rings is 3. The Balaban J connectivity index is 0.00000481. The molecule has 0 spiro atoms. The summed E-state index contributed by atoms with van der Waals surface area (Å²) in [4.78, 5) is 1.32. The van der Waals surface area contributed by atoms with Gasteiger partial charge in [-0.2, -0.15) is 30.7 Å². The van der Waals surface area contributed by atoms with Gasteiger partial charge in [-0.05, 0) is 43.3 Å². The van der Waals surface area contributed by atoms with Crippen molar-refractivity contribution < 1.29 is 44.9 Å². The van der Waals surface area contributed by atoms with Gasteiger partial charge >= 0.3 is 18.7 Å². The summed E-state index contributed by atoms with van der Waals surface area (Å²) in [5.74, 6) is 0.239. The van der Waals surface area contributed by atoms with Crippen LogP contribution in [-0.4, -0.2) is 31.9 Å². The number of hydrogen-bond donors (Lipinski definition) is 0. The Labute approximate surface area is 210 Å². The second-order valence-electron chi connectivity index (χ2n) is 7.73. The summed E-state index contributed by atoms with van der Waals surface area (Å²) in [5.41, 5.74) is 0.331. The molecule has 0 aliphatic carbocycles. The molecule has 0 heterocycles. The number of ether oxygens (including phenoxy) is 3. The van der Waals surface area contributed by atoms with Crippen LogP contribution in [0.4, 0.5) is 36.4 Å². The average molecular weight is 533 g/mol. The quantitative estimate of drug-likeness (QED) is 0.193. The van der Waals surface area contributed by atoms with E-state index >= 15 is 0 Å². The molecule has 0 amide bonds. The van der Waals surface area contributed by atoms with E-state index in [9.17, 15) is 30.7 Å². The number of rotatable bonds is 10. The number of halogens is 7. The fourth-order valence-corrected chi connectivity index (χ4v) is 3.12. The third-order valence-electron chi connectivity index (χ3n) is 5.00. The summed E-state index contributed by atoms with van der Waals surface area (Å²) in [5, 5.41) is 0. The van der Waals surface area contributed by atoms with Crippen LogP contribution in [0.1, 0.15) is 26.1 Å². The molecule has 3 rings (SSSR count). The average Bonchev–Trinajstić information content (AvgIpc) is 2.82. The molecule has 0 radical (unpaired) electrons. The third kappa shape index (κ3) is 8.01. The lowest BCUT2D eigenvalue weighted by molar-refractivity contribution is -0.253. The van der Waals surface area contributed by atoms with Crippen molar-refractivity contribution >= 4 is 5.69 Å². The molecule has 202 valence electrons. The molecular weight excluding hydrogens is 507 g/mol. The predicted molar refractivity (Wildman–Crippen MR) is 125 cm³/mol. The van der Waals surface area contributed by atoms with Gasteiger partial charge in [0.2, 0.25) is 0 Å². The highest BCUT2D eigenvalue weighted by molar-refractivity contribution is 5.52. The molecule has 0 saturated carbocycles. The van der Waals surface area contributed by atoms with Gasteiger partial charge in [-0.1, -0.05) is 43.8 Å². The van der Waals surface area contributed by atoms with Gasteiger partial charge in [-0.3, -0.25) is 0 Å². The van der Waals surface area contributed by atoms with Crippen molar-refractivity contribution in [2.24, 2.45) is 0 Å². The fraction of sp³-hybridized carbons (Fsp3) is 0.308. The summed E-state index contributed by atoms with van der Waals surface area (Å²) >= 11 is 0. The number of hydrogen-bond acceptors (Lipinski definition) is 4. The van der Waals surface area contributed by atoms with Crippen LogP contribution in [0.15, 0.2) is 78.9 Å². The molecule has 0 aliphatic heterocycles. The number of alkyl halides is 7. The monoisotopic (exact) mass is 533 g/mol. The van der Waals surface area contributed by atoms with Crippen molar-refractivity contribution in [3.63, 3.8) is 0 Å². The second kappa shape index (κ2) is 12.2. The molecule has 0 bridgehead atoms. The molecule has 0 fully saturated rings.